The van der Waals surface area contributed by atoms with Crippen LogP contribution in [0.15, 0.2) is 85.1 Å². The maximum Gasteiger partial charge on any atom is 0.306 e. The lowest BCUT2D eigenvalue weighted by Gasteiger charge is -2.23. The second kappa shape index (κ2) is 49.1. The fourth-order valence-electron chi connectivity index (χ4n) is 7.30. The number of unbranched alkanes of at least 4 members (excludes halogenated alkanes) is 21. The third-order valence-corrected chi connectivity index (χ3v) is 11.2. The van der Waals surface area contributed by atoms with Crippen molar-refractivity contribution >= 4 is 11.9 Å². The fourth-order valence-corrected chi connectivity index (χ4v) is 7.30. The van der Waals surface area contributed by atoms with Crippen LogP contribution in [0.1, 0.15) is 233 Å². The van der Waals surface area contributed by atoms with E-state index in [1.165, 1.54) is 116 Å². The summed E-state index contributed by atoms with van der Waals surface area (Å²) >= 11 is 0. The molecule has 62 heavy (non-hydrogen) atoms. The van der Waals surface area contributed by atoms with Crippen LogP contribution < -0.4 is 5.32 Å². The number of nitrogens with one attached hydrogen (secondary N) is 1. The van der Waals surface area contributed by atoms with Gasteiger partial charge in [0.15, 0.2) is 0 Å². The summed E-state index contributed by atoms with van der Waals surface area (Å²) in [6, 6.07) is -0.745. The first-order valence-electron chi connectivity index (χ1n) is 25.8. The van der Waals surface area contributed by atoms with E-state index in [1.54, 1.807) is 6.08 Å². The molecule has 3 atom stereocenters. The maximum absolute atomic E-state index is 13.1. The number of ether oxygens (including phenoxy) is 1. The molecule has 0 aromatic rings. The Morgan fingerprint density at radius 1 is 0.500 bits per heavy atom. The highest BCUT2D eigenvalue weighted by Crippen LogP contribution is 2.15. The van der Waals surface area contributed by atoms with Crippen molar-refractivity contribution in [2.24, 2.45) is 0 Å². The Bertz CT molecular complexity index is 1200. The Morgan fingerprint density at radius 2 is 0.903 bits per heavy atom. The summed E-state index contributed by atoms with van der Waals surface area (Å²) in [6.07, 6.45) is 63.9. The topological polar surface area (TPSA) is 95.9 Å². The first kappa shape index (κ1) is 59.0. The van der Waals surface area contributed by atoms with Crippen molar-refractivity contribution in [3.8, 4) is 0 Å². The number of allylic oxidation sites excluding steroid dienone is 13. The Labute approximate surface area is 383 Å². The van der Waals surface area contributed by atoms with Gasteiger partial charge in [-0.2, -0.15) is 0 Å². The molecule has 0 aromatic heterocycles. The van der Waals surface area contributed by atoms with Crippen LogP contribution in [-0.4, -0.2) is 46.9 Å². The van der Waals surface area contributed by atoms with Crippen molar-refractivity contribution < 1.29 is 24.5 Å². The average Bonchev–Trinajstić information content (AvgIpc) is 3.26. The summed E-state index contributed by atoms with van der Waals surface area (Å²) < 4.78 is 5.82. The lowest BCUT2D eigenvalue weighted by molar-refractivity contribution is -0.148. The second-order valence-electron chi connectivity index (χ2n) is 17.2. The quantitative estimate of drug-likeness (QED) is 0.0322. The van der Waals surface area contributed by atoms with E-state index >= 15 is 0 Å². The molecule has 3 unspecified atom stereocenters. The second-order valence-corrected chi connectivity index (χ2v) is 17.2. The Morgan fingerprint density at radius 3 is 1.40 bits per heavy atom. The molecule has 0 heterocycles. The van der Waals surface area contributed by atoms with Crippen molar-refractivity contribution in [1.29, 1.82) is 0 Å². The van der Waals surface area contributed by atoms with E-state index in [-0.39, 0.29) is 24.9 Å². The summed E-state index contributed by atoms with van der Waals surface area (Å²) in [6.45, 7) is 6.29. The standard InChI is InChI=1S/C56H97NO5/c1-4-7-10-13-16-19-22-24-26-27-28-29-30-32-34-37-40-43-46-49-56(61)62-52(47-44-41-38-35-33-31-25-23-20-17-14-11-8-5-2)50-55(60)57-53(51-58)54(59)48-45-42-39-36-21-18-15-12-9-6-3/h8,11,16-17,19-20,24-26,31,35,38,44,47,52-54,58-59H,4-7,9-10,12-15,18,21-23,27-30,32-34,36-37,39-43,45-46,48-51H2,1-3H3,(H,57,60)/b11-8+,19-16-,20-17+,26-24-,31-25+,38-35+,47-44+. The van der Waals surface area contributed by atoms with Crippen LogP contribution in [0.5, 0.6) is 0 Å². The van der Waals surface area contributed by atoms with E-state index < -0.39 is 18.2 Å². The molecule has 356 valence electrons. The van der Waals surface area contributed by atoms with E-state index in [0.717, 1.165) is 70.6 Å². The number of hydrogen-bond donors (Lipinski definition) is 3. The summed E-state index contributed by atoms with van der Waals surface area (Å²) in [5.74, 6) is -0.637. The molecule has 0 rings (SSSR count). The van der Waals surface area contributed by atoms with Crippen molar-refractivity contribution in [3.63, 3.8) is 0 Å². The average molecular weight is 864 g/mol. The van der Waals surface area contributed by atoms with Crippen LogP contribution in [0, 0.1) is 0 Å². The number of hydrogen-bond acceptors (Lipinski definition) is 5. The zero-order valence-corrected chi connectivity index (χ0v) is 40.5. The summed E-state index contributed by atoms with van der Waals surface area (Å²) in [5.41, 5.74) is 0. The first-order chi connectivity index (χ1) is 30.5. The van der Waals surface area contributed by atoms with Gasteiger partial charge in [-0.15, -0.1) is 0 Å². The van der Waals surface area contributed by atoms with Gasteiger partial charge < -0.3 is 20.3 Å². The lowest BCUT2D eigenvalue weighted by Crippen LogP contribution is -2.46. The Balaban J connectivity index is 4.68. The molecule has 6 nitrogen and oxygen atoms in total. The van der Waals surface area contributed by atoms with Crippen molar-refractivity contribution in [2.45, 2.75) is 251 Å². The Kier molecular flexibility index (Phi) is 46.7. The highest BCUT2D eigenvalue weighted by Gasteiger charge is 2.23. The van der Waals surface area contributed by atoms with Crippen LogP contribution in [0.25, 0.3) is 0 Å². The van der Waals surface area contributed by atoms with Crippen LogP contribution in [0.3, 0.4) is 0 Å². The van der Waals surface area contributed by atoms with Crippen LogP contribution in [0.4, 0.5) is 0 Å². The van der Waals surface area contributed by atoms with Crippen LogP contribution in [-0.2, 0) is 14.3 Å². The van der Waals surface area contributed by atoms with Crippen LogP contribution >= 0.6 is 0 Å². The zero-order valence-electron chi connectivity index (χ0n) is 40.5. The van der Waals surface area contributed by atoms with Crippen LogP contribution in [0.2, 0.25) is 0 Å². The van der Waals surface area contributed by atoms with E-state index in [0.29, 0.717) is 19.3 Å². The molecule has 0 bridgehead atoms. The fraction of sp³-hybridized carbons (Fsp3) is 0.714. The molecule has 0 spiro atoms. The van der Waals surface area contributed by atoms with Gasteiger partial charge in [-0.05, 0) is 83.1 Å². The number of rotatable bonds is 45. The van der Waals surface area contributed by atoms with Gasteiger partial charge in [0.05, 0.1) is 25.2 Å². The largest absolute Gasteiger partial charge is 0.458 e. The highest BCUT2D eigenvalue weighted by molar-refractivity contribution is 5.78. The third kappa shape index (κ3) is 43.7. The first-order valence-corrected chi connectivity index (χ1v) is 25.8. The SMILES string of the molecule is CC/C=C/C/C=C/C/C=C/C/C=C/C/C=C/C(CC(=O)NC(CO)C(O)CCCCCCCCCCCC)OC(=O)CCCCCCCCCCC/C=C\C/C=C\CCCCC. The van der Waals surface area contributed by atoms with Gasteiger partial charge in [0.2, 0.25) is 5.91 Å². The maximum atomic E-state index is 13.1. The van der Waals surface area contributed by atoms with Crippen molar-refractivity contribution in [3.05, 3.63) is 85.1 Å². The predicted octanol–water partition coefficient (Wildman–Crippen LogP) is 15.6. The molecule has 0 aromatic carbocycles. The summed E-state index contributed by atoms with van der Waals surface area (Å²) in [5, 5.41) is 23.6. The Hall–Kier alpha value is -2.96. The smallest absolute Gasteiger partial charge is 0.306 e. The number of carbonyl (C=O) groups excluding carboxylic acids is 2. The molecular formula is C56H97NO5. The third-order valence-electron chi connectivity index (χ3n) is 11.2. The van der Waals surface area contributed by atoms with Crippen molar-refractivity contribution in [1.82, 2.24) is 5.32 Å². The molecule has 0 aliphatic heterocycles. The zero-order chi connectivity index (χ0) is 45.2. The summed E-state index contributed by atoms with van der Waals surface area (Å²) in [7, 11) is 0. The number of aliphatic hydroxyl groups excluding tert-OH is 2. The molecule has 0 saturated carbocycles. The van der Waals surface area contributed by atoms with Crippen molar-refractivity contribution in [2.75, 3.05) is 6.61 Å². The van der Waals surface area contributed by atoms with E-state index in [1.807, 2.05) is 6.08 Å². The van der Waals surface area contributed by atoms with E-state index in [2.05, 4.69) is 99.0 Å². The molecular weight excluding hydrogens is 767 g/mol. The van der Waals surface area contributed by atoms with Gasteiger partial charge in [-0.25, -0.2) is 0 Å². The number of carbonyl (C=O) groups is 2. The normalized spacial score (nSPS) is 14.0. The predicted molar refractivity (Wildman–Crippen MR) is 268 cm³/mol. The molecule has 0 saturated heterocycles. The van der Waals surface area contributed by atoms with Gasteiger partial charge in [0.25, 0.3) is 0 Å². The summed E-state index contributed by atoms with van der Waals surface area (Å²) in [4.78, 5) is 26.1. The van der Waals surface area contributed by atoms with Gasteiger partial charge >= 0.3 is 5.97 Å². The van der Waals surface area contributed by atoms with Gasteiger partial charge in [0.1, 0.15) is 6.10 Å². The molecule has 3 N–H and O–H groups in total. The minimum absolute atomic E-state index is 0.0508. The van der Waals surface area contributed by atoms with Gasteiger partial charge in [-0.3, -0.25) is 9.59 Å². The molecule has 0 aliphatic rings. The van der Waals surface area contributed by atoms with E-state index in [9.17, 15) is 19.8 Å². The monoisotopic (exact) mass is 864 g/mol. The highest BCUT2D eigenvalue weighted by atomic mass is 16.5. The molecule has 6 heteroatoms. The molecule has 0 fully saturated rings. The number of esters is 1. The number of amides is 1. The van der Waals surface area contributed by atoms with Gasteiger partial charge in [0, 0.05) is 6.42 Å². The number of aliphatic hydroxyl groups is 2. The minimum atomic E-state index is -0.822. The molecule has 0 aliphatic carbocycles. The van der Waals surface area contributed by atoms with E-state index in [4.69, 9.17) is 4.74 Å². The van der Waals surface area contributed by atoms with Gasteiger partial charge in [-0.1, -0.05) is 222 Å². The minimum Gasteiger partial charge on any atom is -0.458 e. The molecule has 1 amide bonds. The molecule has 0 radical (unpaired) electrons. The lowest BCUT2D eigenvalue weighted by atomic mass is 10.0.